The summed E-state index contributed by atoms with van der Waals surface area (Å²) in [4.78, 5) is 13.9. The first-order valence-electron chi connectivity index (χ1n) is 6.06. The molecule has 0 aliphatic carbocycles. The minimum Gasteiger partial charge on any atom is -0.334 e. The van der Waals surface area contributed by atoms with Gasteiger partial charge in [-0.3, -0.25) is 0 Å². The van der Waals surface area contributed by atoms with E-state index >= 15 is 0 Å². The van der Waals surface area contributed by atoms with Crippen LogP contribution in [0.5, 0.6) is 0 Å². The van der Waals surface area contributed by atoms with Gasteiger partial charge in [-0.1, -0.05) is 30.3 Å². The third-order valence-corrected chi connectivity index (χ3v) is 3.05. The van der Waals surface area contributed by atoms with E-state index in [1.165, 1.54) is 0 Å². The molecule has 1 aromatic rings. The number of urea groups is 1. The van der Waals surface area contributed by atoms with E-state index in [4.69, 9.17) is 0 Å². The maximum absolute atomic E-state index is 12.0. The quantitative estimate of drug-likeness (QED) is 0.857. The Morgan fingerprint density at radius 3 is 2.83 bits per heavy atom. The summed E-state index contributed by atoms with van der Waals surface area (Å²) in [6.45, 7) is 5.19. The Kier molecular flexibility index (Phi) is 5.95. The SMILES string of the molecule is C[C@H]1CNCCN1C(=O)NCc1ccccc1.Cl. The molecule has 4 nitrogen and oxygen atoms in total. The second-order valence-electron chi connectivity index (χ2n) is 4.39. The van der Waals surface area contributed by atoms with Crippen molar-refractivity contribution in [3.05, 3.63) is 35.9 Å². The first-order chi connectivity index (χ1) is 8.27. The molecular formula is C13H20ClN3O. The Hall–Kier alpha value is -1.26. The molecule has 18 heavy (non-hydrogen) atoms. The number of carbonyl (C=O) groups excluding carboxylic acids is 1. The molecular weight excluding hydrogens is 250 g/mol. The maximum Gasteiger partial charge on any atom is 0.317 e. The van der Waals surface area contributed by atoms with Gasteiger partial charge >= 0.3 is 6.03 Å². The highest BCUT2D eigenvalue weighted by Gasteiger charge is 2.22. The molecule has 1 aliphatic heterocycles. The first-order valence-corrected chi connectivity index (χ1v) is 6.06. The van der Waals surface area contributed by atoms with Crippen LogP contribution in [0.15, 0.2) is 30.3 Å². The summed E-state index contributed by atoms with van der Waals surface area (Å²) >= 11 is 0. The molecule has 0 spiro atoms. The van der Waals surface area contributed by atoms with E-state index in [-0.39, 0.29) is 24.5 Å². The van der Waals surface area contributed by atoms with Crippen LogP contribution in [0.25, 0.3) is 0 Å². The zero-order valence-electron chi connectivity index (χ0n) is 10.6. The zero-order chi connectivity index (χ0) is 12.1. The summed E-state index contributed by atoms with van der Waals surface area (Å²) in [5.41, 5.74) is 1.13. The smallest absolute Gasteiger partial charge is 0.317 e. The average Bonchev–Trinajstić information content (AvgIpc) is 2.38. The lowest BCUT2D eigenvalue weighted by Crippen LogP contribution is -2.55. The topological polar surface area (TPSA) is 44.4 Å². The summed E-state index contributed by atoms with van der Waals surface area (Å²) in [5, 5.41) is 6.23. The summed E-state index contributed by atoms with van der Waals surface area (Å²) in [6.07, 6.45) is 0. The van der Waals surface area contributed by atoms with Crippen LogP contribution >= 0.6 is 12.4 Å². The van der Waals surface area contributed by atoms with Gasteiger partial charge in [0.05, 0.1) is 0 Å². The minimum atomic E-state index is 0. The minimum absolute atomic E-state index is 0. The number of carbonyl (C=O) groups is 1. The van der Waals surface area contributed by atoms with Crippen molar-refractivity contribution in [2.75, 3.05) is 19.6 Å². The predicted octanol–water partition coefficient (Wildman–Crippen LogP) is 1.61. The van der Waals surface area contributed by atoms with E-state index in [1.807, 2.05) is 35.2 Å². The van der Waals surface area contributed by atoms with E-state index in [2.05, 4.69) is 17.6 Å². The summed E-state index contributed by atoms with van der Waals surface area (Å²) in [5.74, 6) is 0. The molecule has 1 aromatic carbocycles. The van der Waals surface area contributed by atoms with Crippen LogP contribution in [0.3, 0.4) is 0 Å². The van der Waals surface area contributed by atoms with Crippen LogP contribution < -0.4 is 10.6 Å². The number of rotatable bonds is 2. The van der Waals surface area contributed by atoms with Gasteiger partial charge in [0, 0.05) is 32.2 Å². The number of nitrogens with one attached hydrogen (secondary N) is 2. The molecule has 2 rings (SSSR count). The third-order valence-electron chi connectivity index (χ3n) is 3.05. The van der Waals surface area contributed by atoms with Gasteiger partial charge in [-0.15, -0.1) is 12.4 Å². The molecule has 1 fully saturated rings. The van der Waals surface area contributed by atoms with Crippen molar-refractivity contribution in [3.8, 4) is 0 Å². The van der Waals surface area contributed by atoms with Gasteiger partial charge < -0.3 is 15.5 Å². The highest BCUT2D eigenvalue weighted by molar-refractivity contribution is 5.85. The summed E-state index contributed by atoms with van der Waals surface area (Å²) in [7, 11) is 0. The standard InChI is InChI=1S/C13H19N3O.ClH/c1-11-9-14-7-8-16(11)13(17)15-10-12-5-3-2-4-6-12;/h2-6,11,14H,7-10H2,1H3,(H,15,17);1H/t11-;/m0./s1. The number of nitrogens with zero attached hydrogens (tertiary/aromatic N) is 1. The third kappa shape index (κ3) is 3.89. The van der Waals surface area contributed by atoms with Crippen molar-refractivity contribution in [1.82, 2.24) is 15.5 Å². The Balaban J connectivity index is 0.00000162. The van der Waals surface area contributed by atoms with Crippen molar-refractivity contribution >= 4 is 18.4 Å². The molecule has 0 bridgehead atoms. The van der Waals surface area contributed by atoms with Crippen LogP contribution in [-0.2, 0) is 6.54 Å². The number of halogens is 1. The summed E-state index contributed by atoms with van der Waals surface area (Å²) < 4.78 is 0. The largest absolute Gasteiger partial charge is 0.334 e. The highest BCUT2D eigenvalue weighted by atomic mass is 35.5. The van der Waals surface area contributed by atoms with Gasteiger partial charge in [0.2, 0.25) is 0 Å². The van der Waals surface area contributed by atoms with E-state index in [1.54, 1.807) is 0 Å². The van der Waals surface area contributed by atoms with Crippen molar-refractivity contribution in [2.24, 2.45) is 0 Å². The Labute approximate surface area is 114 Å². The molecule has 1 atom stereocenters. The summed E-state index contributed by atoms with van der Waals surface area (Å²) in [6, 6.07) is 10.3. The number of hydrogen-bond acceptors (Lipinski definition) is 2. The highest BCUT2D eigenvalue weighted by Crippen LogP contribution is 2.03. The van der Waals surface area contributed by atoms with Crippen LogP contribution in [0.1, 0.15) is 12.5 Å². The molecule has 2 N–H and O–H groups in total. The van der Waals surface area contributed by atoms with Crippen LogP contribution in [0.4, 0.5) is 4.79 Å². The van der Waals surface area contributed by atoms with Gasteiger partial charge in [0.15, 0.2) is 0 Å². The fraction of sp³-hybridized carbons (Fsp3) is 0.462. The van der Waals surface area contributed by atoms with Gasteiger partial charge in [0.1, 0.15) is 0 Å². The fourth-order valence-corrected chi connectivity index (χ4v) is 2.02. The molecule has 0 aromatic heterocycles. The normalized spacial score (nSPS) is 18.9. The molecule has 1 aliphatic rings. The molecule has 1 saturated heterocycles. The average molecular weight is 270 g/mol. The van der Waals surface area contributed by atoms with Gasteiger partial charge in [-0.2, -0.15) is 0 Å². The Morgan fingerprint density at radius 2 is 2.17 bits per heavy atom. The molecule has 5 heteroatoms. The zero-order valence-corrected chi connectivity index (χ0v) is 11.4. The van der Waals surface area contributed by atoms with Gasteiger partial charge in [-0.05, 0) is 12.5 Å². The lowest BCUT2D eigenvalue weighted by molar-refractivity contribution is 0.164. The Bertz CT molecular complexity index is 372. The van der Waals surface area contributed by atoms with Crippen molar-refractivity contribution in [1.29, 1.82) is 0 Å². The first kappa shape index (κ1) is 14.8. The molecule has 0 unspecified atom stereocenters. The number of amides is 2. The second-order valence-corrected chi connectivity index (χ2v) is 4.39. The monoisotopic (exact) mass is 269 g/mol. The van der Waals surface area contributed by atoms with Gasteiger partial charge in [0.25, 0.3) is 0 Å². The molecule has 100 valence electrons. The number of piperazine rings is 1. The van der Waals surface area contributed by atoms with Crippen LogP contribution in [-0.4, -0.2) is 36.6 Å². The van der Waals surface area contributed by atoms with Crippen LogP contribution in [0.2, 0.25) is 0 Å². The molecule has 2 amide bonds. The van der Waals surface area contributed by atoms with Crippen LogP contribution in [0, 0.1) is 0 Å². The molecule has 1 heterocycles. The van der Waals surface area contributed by atoms with Crippen molar-refractivity contribution in [2.45, 2.75) is 19.5 Å². The number of hydrogen-bond donors (Lipinski definition) is 2. The molecule has 0 saturated carbocycles. The van der Waals surface area contributed by atoms with E-state index in [0.29, 0.717) is 6.54 Å². The van der Waals surface area contributed by atoms with E-state index < -0.39 is 0 Å². The maximum atomic E-state index is 12.0. The second kappa shape index (κ2) is 7.24. The fourth-order valence-electron chi connectivity index (χ4n) is 2.02. The van der Waals surface area contributed by atoms with Crippen molar-refractivity contribution in [3.63, 3.8) is 0 Å². The van der Waals surface area contributed by atoms with Gasteiger partial charge in [-0.25, -0.2) is 4.79 Å². The van der Waals surface area contributed by atoms with Crippen molar-refractivity contribution < 1.29 is 4.79 Å². The van der Waals surface area contributed by atoms with E-state index in [9.17, 15) is 4.79 Å². The van der Waals surface area contributed by atoms with E-state index in [0.717, 1.165) is 25.2 Å². The lowest BCUT2D eigenvalue weighted by atomic mass is 10.2. The number of benzene rings is 1. The molecule has 0 radical (unpaired) electrons. The Morgan fingerprint density at radius 1 is 1.44 bits per heavy atom. The predicted molar refractivity (Wildman–Crippen MR) is 75.0 cm³/mol. The lowest BCUT2D eigenvalue weighted by Gasteiger charge is -2.33.